The molecule has 3 N–H and O–H groups in total. The van der Waals surface area contributed by atoms with Crippen molar-refractivity contribution in [1.82, 2.24) is 9.88 Å². The zero-order chi connectivity index (χ0) is 19.4. The van der Waals surface area contributed by atoms with E-state index in [1.807, 2.05) is 5.32 Å². The van der Waals surface area contributed by atoms with E-state index in [2.05, 4.69) is 0 Å². The number of alkyl halides is 3. The van der Waals surface area contributed by atoms with Gasteiger partial charge in [-0.2, -0.15) is 18.4 Å². The second-order valence-corrected chi connectivity index (χ2v) is 6.40. The number of imide groups is 1. The van der Waals surface area contributed by atoms with E-state index in [0.29, 0.717) is 6.07 Å². The number of nitrogens with zero attached hydrogens (tertiary/aromatic N) is 2. The maximum atomic E-state index is 13.0. The Morgan fingerprint density at radius 3 is 2.38 bits per heavy atom. The molecule has 26 heavy (non-hydrogen) atoms. The molecule has 11 heteroatoms. The molecule has 0 saturated heterocycles. The van der Waals surface area contributed by atoms with Crippen LogP contribution in [0.25, 0.3) is 5.69 Å². The predicted molar refractivity (Wildman–Crippen MR) is 90.7 cm³/mol. The second-order valence-electron chi connectivity index (χ2n) is 5.24. The van der Waals surface area contributed by atoms with Crippen LogP contribution in [0.15, 0.2) is 23.0 Å². The van der Waals surface area contributed by atoms with Crippen LogP contribution in [0.4, 0.5) is 19.0 Å². The molecular formula is C15H6F3IN4O3. The topological polar surface area (TPSA) is 118 Å². The average molecular weight is 474 g/mol. The first-order valence-corrected chi connectivity index (χ1v) is 7.86. The highest BCUT2D eigenvalue weighted by Gasteiger charge is 2.35. The standard InChI is InChI=1S/C15H6F3IN4O3/c16-15(17,18)6-1-5(4-20)11(8(19)2-6)23-9(24)3-7-10(12(23)21)14(26)22-13(7)25/h1-3H,21H2,(H,22,25,26). The lowest BCUT2D eigenvalue weighted by atomic mass is 10.1. The lowest BCUT2D eigenvalue weighted by molar-refractivity contribution is -0.137. The highest BCUT2D eigenvalue weighted by Crippen LogP contribution is 2.35. The Kier molecular flexibility index (Phi) is 4.02. The number of carbonyl (C=O) groups is 2. The van der Waals surface area contributed by atoms with E-state index in [0.717, 1.165) is 16.7 Å². The minimum Gasteiger partial charge on any atom is -0.384 e. The summed E-state index contributed by atoms with van der Waals surface area (Å²) in [5.74, 6) is -2.08. The SMILES string of the molecule is N#Cc1cc(C(F)(F)F)cc(I)c1-n1c(N)c2c(cc1=O)C(=O)NC2=O. The molecule has 1 aromatic heterocycles. The maximum Gasteiger partial charge on any atom is 0.416 e. The van der Waals surface area contributed by atoms with Gasteiger partial charge in [0.05, 0.1) is 27.9 Å². The summed E-state index contributed by atoms with van der Waals surface area (Å²) >= 11 is 1.54. The van der Waals surface area contributed by atoms with E-state index in [9.17, 15) is 32.8 Å². The number of hydrogen-bond donors (Lipinski definition) is 2. The number of fused-ring (bicyclic) bond motifs is 1. The van der Waals surface area contributed by atoms with Gasteiger partial charge in [0, 0.05) is 9.64 Å². The number of rotatable bonds is 1. The van der Waals surface area contributed by atoms with Gasteiger partial charge in [0.2, 0.25) is 0 Å². The molecule has 3 rings (SSSR count). The number of nitrogen functional groups attached to an aromatic ring is 1. The van der Waals surface area contributed by atoms with Crippen LogP contribution in [-0.4, -0.2) is 16.4 Å². The molecule has 2 heterocycles. The fourth-order valence-corrected chi connectivity index (χ4v) is 3.45. The maximum absolute atomic E-state index is 13.0. The van der Waals surface area contributed by atoms with Crippen molar-refractivity contribution in [3.05, 3.63) is 54.4 Å². The van der Waals surface area contributed by atoms with E-state index in [4.69, 9.17) is 5.73 Å². The Morgan fingerprint density at radius 2 is 1.81 bits per heavy atom. The van der Waals surface area contributed by atoms with Crippen molar-refractivity contribution in [1.29, 1.82) is 5.26 Å². The fourth-order valence-electron chi connectivity index (χ4n) is 2.59. The highest BCUT2D eigenvalue weighted by atomic mass is 127. The molecule has 2 aromatic rings. The van der Waals surface area contributed by atoms with E-state index in [-0.39, 0.29) is 20.4 Å². The number of halogens is 4. The summed E-state index contributed by atoms with van der Waals surface area (Å²) in [5.41, 5.74) is 2.78. The molecule has 132 valence electrons. The van der Waals surface area contributed by atoms with Gasteiger partial charge in [-0.3, -0.25) is 24.3 Å². The number of pyridine rings is 1. The number of hydrogen-bond acceptors (Lipinski definition) is 5. The van der Waals surface area contributed by atoms with E-state index < -0.39 is 40.5 Å². The van der Waals surface area contributed by atoms with Gasteiger partial charge in [0.15, 0.2) is 0 Å². The van der Waals surface area contributed by atoms with Crippen LogP contribution in [0.5, 0.6) is 0 Å². The summed E-state index contributed by atoms with van der Waals surface area (Å²) < 4.78 is 39.5. The molecule has 2 amide bonds. The van der Waals surface area contributed by atoms with E-state index in [1.54, 1.807) is 6.07 Å². The Morgan fingerprint density at radius 1 is 1.15 bits per heavy atom. The molecule has 0 atom stereocenters. The van der Waals surface area contributed by atoms with Crippen LogP contribution in [0.2, 0.25) is 0 Å². The van der Waals surface area contributed by atoms with E-state index >= 15 is 0 Å². The smallest absolute Gasteiger partial charge is 0.384 e. The summed E-state index contributed by atoms with van der Waals surface area (Å²) in [5, 5.41) is 11.2. The highest BCUT2D eigenvalue weighted by molar-refractivity contribution is 14.1. The minimum atomic E-state index is -4.69. The largest absolute Gasteiger partial charge is 0.416 e. The van der Waals surface area contributed by atoms with Crippen molar-refractivity contribution in [3.63, 3.8) is 0 Å². The van der Waals surface area contributed by atoms with Gasteiger partial charge in [-0.05, 0) is 34.7 Å². The number of nitrogens with one attached hydrogen (secondary N) is 1. The third kappa shape index (κ3) is 2.62. The normalized spacial score (nSPS) is 13.3. The zero-order valence-electron chi connectivity index (χ0n) is 12.4. The summed E-state index contributed by atoms with van der Waals surface area (Å²) in [6.07, 6.45) is -4.69. The van der Waals surface area contributed by atoms with Gasteiger partial charge in [0.25, 0.3) is 17.4 Å². The lowest BCUT2D eigenvalue weighted by Gasteiger charge is -2.17. The fraction of sp³-hybridized carbons (Fsp3) is 0.0667. The van der Waals surface area contributed by atoms with Crippen molar-refractivity contribution in [2.45, 2.75) is 6.18 Å². The first kappa shape index (κ1) is 17.9. The van der Waals surface area contributed by atoms with Gasteiger partial charge in [-0.1, -0.05) is 0 Å². The zero-order valence-corrected chi connectivity index (χ0v) is 14.6. The number of nitrogens with two attached hydrogens (primary N) is 1. The molecule has 1 aliphatic rings. The monoisotopic (exact) mass is 474 g/mol. The van der Waals surface area contributed by atoms with Gasteiger partial charge in [-0.25, -0.2) is 0 Å². The molecule has 0 bridgehead atoms. The predicted octanol–water partition coefficient (Wildman–Crippen LogP) is 1.80. The molecule has 0 spiro atoms. The third-order valence-corrected chi connectivity index (χ3v) is 4.51. The van der Waals surface area contributed by atoms with Crippen LogP contribution in [0.3, 0.4) is 0 Å². The Hall–Kier alpha value is -2.88. The van der Waals surface area contributed by atoms with Crippen LogP contribution < -0.4 is 16.6 Å². The number of nitriles is 1. The molecule has 0 unspecified atom stereocenters. The summed E-state index contributed by atoms with van der Waals surface area (Å²) in [7, 11) is 0. The number of amides is 2. The number of benzene rings is 1. The molecule has 0 aliphatic carbocycles. The molecule has 0 saturated carbocycles. The first-order chi connectivity index (χ1) is 12.1. The summed E-state index contributed by atoms with van der Waals surface area (Å²) in [6, 6.07) is 3.79. The third-order valence-electron chi connectivity index (χ3n) is 3.69. The van der Waals surface area contributed by atoms with Crippen molar-refractivity contribution >= 4 is 40.2 Å². The molecule has 0 fully saturated rings. The quantitative estimate of drug-likeness (QED) is 0.483. The second kappa shape index (κ2) is 5.84. The minimum absolute atomic E-state index is 0.0764. The molecule has 0 radical (unpaired) electrons. The van der Waals surface area contributed by atoms with Crippen LogP contribution in [-0.2, 0) is 6.18 Å². The molecule has 1 aromatic carbocycles. The first-order valence-electron chi connectivity index (χ1n) is 6.78. The van der Waals surface area contributed by atoms with Gasteiger partial charge in [-0.15, -0.1) is 0 Å². The van der Waals surface area contributed by atoms with Crippen molar-refractivity contribution in [2.24, 2.45) is 0 Å². The summed E-state index contributed by atoms with van der Waals surface area (Å²) in [4.78, 5) is 35.9. The van der Waals surface area contributed by atoms with Crippen molar-refractivity contribution in [3.8, 4) is 11.8 Å². The number of anilines is 1. The van der Waals surface area contributed by atoms with Gasteiger partial charge >= 0.3 is 6.18 Å². The molecule has 1 aliphatic heterocycles. The van der Waals surface area contributed by atoms with Crippen LogP contribution in [0, 0.1) is 14.9 Å². The van der Waals surface area contributed by atoms with E-state index in [1.165, 1.54) is 22.6 Å². The van der Waals surface area contributed by atoms with Crippen molar-refractivity contribution < 1.29 is 22.8 Å². The Bertz CT molecular complexity index is 1100. The Labute approximate surface area is 156 Å². The van der Waals surface area contributed by atoms with Crippen LogP contribution >= 0.6 is 22.6 Å². The average Bonchev–Trinajstić information content (AvgIpc) is 2.81. The lowest BCUT2D eigenvalue weighted by Crippen LogP contribution is -2.25. The number of carbonyl (C=O) groups excluding carboxylic acids is 2. The van der Waals surface area contributed by atoms with Gasteiger partial charge < -0.3 is 5.73 Å². The van der Waals surface area contributed by atoms with Crippen molar-refractivity contribution in [2.75, 3.05) is 5.73 Å². The summed E-state index contributed by atoms with van der Waals surface area (Å²) in [6.45, 7) is 0. The molecule has 7 nitrogen and oxygen atoms in total. The molecular weight excluding hydrogens is 468 g/mol. The number of aromatic nitrogens is 1. The Balaban J connectivity index is 2.38. The van der Waals surface area contributed by atoms with Gasteiger partial charge in [0.1, 0.15) is 11.9 Å². The van der Waals surface area contributed by atoms with Crippen LogP contribution in [0.1, 0.15) is 31.8 Å².